The van der Waals surface area contributed by atoms with Gasteiger partial charge in [0.2, 0.25) is 0 Å². The summed E-state index contributed by atoms with van der Waals surface area (Å²) in [6.45, 7) is 3.94. The molecule has 1 heterocycles. The fourth-order valence-corrected chi connectivity index (χ4v) is 3.97. The van der Waals surface area contributed by atoms with E-state index in [4.69, 9.17) is 0 Å². The number of benzene rings is 2. The second-order valence-corrected chi connectivity index (χ2v) is 7.13. The lowest BCUT2D eigenvalue weighted by Crippen LogP contribution is -2.34. The topological polar surface area (TPSA) is 70.2 Å². The predicted octanol–water partition coefficient (Wildman–Crippen LogP) is 4.10. The van der Waals surface area contributed by atoms with Crippen molar-refractivity contribution in [2.75, 3.05) is 17.6 Å². The Morgan fingerprint density at radius 2 is 2.00 bits per heavy atom. The number of hydrogen-bond acceptors (Lipinski definition) is 3. The average Bonchev–Trinajstić information content (AvgIpc) is 2.67. The van der Waals surface area contributed by atoms with Gasteiger partial charge in [0.15, 0.2) is 0 Å². The van der Waals surface area contributed by atoms with Crippen molar-refractivity contribution in [2.45, 2.75) is 17.4 Å². The number of carbonyl (C=O) groups is 2. The van der Waals surface area contributed by atoms with Gasteiger partial charge in [-0.25, -0.2) is 9.18 Å². The number of carbonyl (C=O) groups excluding carboxylic acids is 2. The van der Waals surface area contributed by atoms with E-state index in [1.165, 1.54) is 17.8 Å². The third-order valence-electron chi connectivity index (χ3n) is 4.14. The molecule has 1 unspecified atom stereocenters. The molecule has 1 aliphatic rings. The first kappa shape index (κ1) is 19.0. The van der Waals surface area contributed by atoms with E-state index in [-0.39, 0.29) is 23.8 Å². The van der Waals surface area contributed by atoms with Crippen LogP contribution < -0.4 is 16.0 Å². The smallest absolute Gasteiger partial charge is 0.319 e. The largest absolute Gasteiger partial charge is 0.349 e. The summed E-state index contributed by atoms with van der Waals surface area (Å²) in [6, 6.07) is 10.9. The number of thioether (sulfide) groups is 1. The van der Waals surface area contributed by atoms with Crippen LogP contribution in [0.4, 0.5) is 14.9 Å². The summed E-state index contributed by atoms with van der Waals surface area (Å²) in [6.07, 6.45) is 2.34. The van der Waals surface area contributed by atoms with Gasteiger partial charge in [-0.2, -0.15) is 0 Å². The van der Waals surface area contributed by atoms with Crippen LogP contribution in [-0.4, -0.2) is 24.2 Å². The summed E-state index contributed by atoms with van der Waals surface area (Å²) in [5.74, 6) is 0.284. The van der Waals surface area contributed by atoms with Gasteiger partial charge >= 0.3 is 6.03 Å². The summed E-state index contributed by atoms with van der Waals surface area (Å²) in [5.41, 5.74) is 1.87. The van der Waals surface area contributed by atoms with E-state index in [9.17, 15) is 14.0 Å². The van der Waals surface area contributed by atoms with Crippen molar-refractivity contribution in [3.8, 4) is 0 Å². The molecule has 5 nitrogen and oxygen atoms in total. The third-order valence-corrected chi connectivity index (χ3v) is 5.30. The van der Waals surface area contributed by atoms with E-state index in [2.05, 4.69) is 22.5 Å². The summed E-state index contributed by atoms with van der Waals surface area (Å²) < 4.78 is 13.9. The number of halogens is 1. The lowest BCUT2D eigenvalue weighted by Gasteiger charge is -2.26. The molecule has 0 radical (unpaired) electrons. The molecule has 2 aromatic rings. The number of amides is 3. The number of nitrogens with one attached hydrogen (secondary N) is 3. The third kappa shape index (κ3) is 4.68. The van der Waals surface area contributed by atoms with Crippen LogP contribution in [0, 0.1) is 5.82 Å². The van der Waals surface area contributed by atoms with E-state index in [1.807, 2.05) is 6.07 Å². The SMILES string of the molecule is C=CCNC(=O)c1ccc(NC(=O)NC2CCSc3c(F)cccc32)cc1. The molecule has 0 saturated carbocycles. The number of urea groups is 1. The molecular weight excluding hydrogens is 365 g/mol. The van der Waals surface area contributed by atoms with Crippen molar-refractivity contribution in [1.82, 2.24) is 10.6 Å². The van der Waals surface area contributed by atoms with Gasteiger partial charge in [-0.05, 0) is 42.3 Å². The molecule has 0 aromatic heterocycles. The van der Waals surface area contributed by atoms with Crippen molar-refractivity contribution < 1.29 is 14.0 Å². The monoisotopic (exact) mass is 385 g/mol. The zero-order chi connectivity index (χ0) is 19.2. The van der Waals surface area contributed by atoms with Crippen molar-refractivity contribution in [2.24, 2.45) is 0 Å². The zero-order valence-corrected chi connectivity index (χ0v) is 15.4. The highest BCUT2D eigenvalue weighted by molar-refractivity contribution is 7.99. The van der Waals surface area contributed by atoms with E-state index in [1.54, 1.807) is 36.4 Å². The number of fused-ring (bicyclic) bond motifs is 1. The Kier molecular flexibility index (Phi) is 6.13. The minimum absolute atomic E-state index is 0.204. The molecule has 3 amide bonds. The van der Waals surface area contributed by atoms with E-state index in [0.29, 0.717) is 22.7 Å². The van der Waals surface area contributed by atoms with Gasteiger partial charge in [0.05, 0.1) is 6.04 Å². The molecule has 2 aromatic carbocycles. The summed E-state index contributed by atoms with van der Waals surface area (Å²) in [5, 5.41) is 8.33. The van der Waals surface area contributed by atoms with Crippen LogP contribution in [0.15, 0.2) is 60.0 Å². The summed E-state index contributed by atoms with van der Waals surface area (Å²) >= 11 is 1.47. The molecule has 0 spiro atoms. The van der Waals surface area contributed by atoms with Gasteiger partial charge < -0.3 is 16.0 Å². The van der Waals surface area contributed by atoms with Crippen molar-refractivity contribution in [1.29, 1.82) is 0 Å². The first-order valence-corrected chi connectivity index (χ1v) is 9.55. The van der Waals surface area contributed by atoms with Crippen molar-refractivity contribution >= 4 is 29.4 Å². The van der Waals surface area contributed by atoms with Crippen LogP contribution in [0.2, 0.25) is 0 Å². The average molecular weight is 385 g/mol. The minimum Gasteiger partial charge on any atom is -0.349 e. The van der Waals surface area contributed by atoms with Gasteiger partial charge in [0.1, 0.15) is 5.82 Å². The highest BCUT2D eigenvalue weighted by atomic mass is 32.2. The Bertz CT molecular complexity index is 855. The van der Waals surface area contributed by atoms with Crippen LogP contribution in [0.5, 0.6) is 0 Å². The Hall–Kier alpha value is -2.80. The van der Waals surface area contributed by atoms with E-state index < -0.39 is 0 Å². The Morgan fingerprint density at radius 1 is 1.22 bits per heavy atom. The van der Waals surface area contributed by atoms with Crippen molar-refractivity contribution in [3.63, 3.8) is 0 Å². The minimum atomic E-state index is -0.369. The summed E-state index contributed by atoms with van der Waals surface area (Å²) in [7, 11) is 0. The maximum atomic E-state index is 13.9. The van der Waals surface area contributed by atoms with Crippen LogP contribution in [0.25, 0.3) is 0 Å². The molecule has 0 bridgehead atoms. The van der Waals surface area contributed by atoms with Crippen LogP contribution in [-0.2, 0) is 0 Å². The molecule has 1 atom stereocenters. The quantitative estimate of drug-likeness (QED) is 0.679. The molecular formula is C20H20FN3O2S. The number of rotatable bonds is 5. The fraction of sp³-hybridized carbons (Fsp3) is 0.200. The normalized spacial score (nSPS) is 15.4. The number of hydrogen-bond donors (Lipinski definition) is 3. The van der Waals surface area contributed by atoms with Crippen LogP contribution in [0.1, 0.15) is 28.4 Å². The maximum Gasteiger partial charge on any atom is 0.319 e. The predicted molar refractivity (Wildman–Crippen MR) is 106 cm³/mol. The van der Waals surface area contributed by atoms with E-state index >= 15 is 0 Å². The maximum absolute atomic E-state index is 13.9. The zero-order valence-electron chi connectivity index (χ0n) is 14.6. The molecule has 7 heteroatoms. The second kappa shape index (κ2) is 8.73. The molecule has 3 N–H and O–H groups in total. The van der Waals surface area contributed by atoms with Crippen LogP contribution >= 0.6 is 11.8 Å². The molecule has 1 aliphatic heterocycles. The Morgan fingerprint density at radius 3 is 2.74 bits per heavy atom. The number of anilines is 1. The molecule has 0 fully saturated rings. The molecule has 0 aliphatic carbocycles. The van der Waals surface area contributed by atoms with Gasteiger partial charge in [0.25, 0.3) is 5.91 Å². The van der Waals surface area contributed by atoms with Crippen LogP contribution in [0.3, 0.4) is 0 Å². The molecule has 27 heavy (non-hydrogen) atoms. The second-order valence-electron chi connectivity index (χ2n) is 6.02. The lowest BCUT2D eigenvalue weighted by atomic mass is 10.0. The van der Waals surface area contributed by atoms with Gasteiger partial charge in [-0.1, -0.05) is 18.2 Å². The highest BCUT2D eigenvalue weighted by Gasteiger charge is 2.24. The first-order valence-electron chi connectivity index (χ1n) is 8.56. The summed E-state index contributed by atoms with van der Waals surface area (Å²) in [4.78, 5) is 24.8. The van der Waals surface area contributed by atoms with E-state index in [0.717, 1.165) is 17.7 Å². The lowest BCUT2D eigenvalue weighted by molar-refractivity contribution is 0.0958. The highest BCUT2D eigenvalue weighted by Crippen LogP contribution is 2.37. The molecule has 3 rings (SSSR count). The van der Waals surface area contributed by atoms with Gasteiger partial charge in [-0.3, -0.25) is 4.79 Å². The first-order chi connectivity index (χ1) is 13.1. The van der Waals surface area contributed by atoms with Gasteiger partial charge in [0, 0.05) is 28.4 Å². The molecule has 140 valence electrons. The fourth-order valence-electron chi connectivity index (χ4n) is 2.83. The van der Waals surface area contributed by atoms with Gasteiger partial charge in [-0.15, -0.1) is 18.3 Å². The Balaban J connectivity index is 1.61. The Labute approximate surface area is 161 Å². The standard InChI is InChI=1S/C20H20FN3O2S/c1-2-11-22-19(25)13-6-8-14(9-7-13)23-20(26)24-17-10-12-27-18-15(17)4-3-5-16(18)21/h2-9,17H,1,10-12H2,(H,22,25)(H2,23,24,26). The molecule has 0 saturated heterocycles. The van der Waals surface area contributed by atoms with Crippen molar-refractivity contribution in [3.05, 3.63) is 72.1 Å².